The van der Waals surface area contributed by atoms with Crippen molar-refractivity contribution in [3.8, 4) is 0 Å². The molecule has 2 nitrogen and oxygen atoms in total. The van der Waals surface area contributed by atoms with Gasteiger partial charge in [0.15, 0.2) is 8.32 Å². The zero-order chi connectivity index (χ0) is 14.8. The molecule has 0 aliphatic heterocycles. The van der Waals surface area contributed by atoms with Crippen LogP contribution in [0.25, 0.3) is 0 Å². The van der Waals surface area contributed by atoms with Gasteiger partial charge in [-0.25, -0.2) is 0 Å². The first-order valence-corrected chi connectivity index (χ1v) is 11.8. The van der Waals surface area contributed by atoms with Gasteiger partial charge in [0.05, 0.1) is 5.60 Å². The van der Waals surface area contributed by atoms with Gasteiger partial charge in [-0.2, -0.15) is 0 Å². The molecule has 3 atom stereocenters. The van der Waals surface area contributed by atoms with E-state index in [4.69, 9.17) is 4.43 Å². The standard InChI is InChI=1S/C17H32O2Si/c1-5-7-13-20(3,4)19-17-12-9-8-11-15(17)16(18)14(17)10-6-2/h14-15H,5-13H2,1-4H3. The molecule has 2 saturated carbocycles. The first-order chi connectivity index (χ1) is 9.47. The van der Waals surface area contributed by atoms with Crippen LogP contribution in [0.15, 0.2) is 0 Å². The van der Waals surface area contributed by atoms with Gasteiger partial charge in [-0.3, -0.25) is 4.79 Å². The predicted molar refractivity (Wildman–Crippen MR) is 86.4 cm³/mol. The van der Waals surface area contributed by atoms with Crippen molar-refractivity contribution in [3.05, 3.63) is 0 Å². The number of fused-ring (bicyclic) bond motifs is 1. The number of unbranched alkanes of at least 4 members (excludes halogenated alkanes) is 1. The molecule has 3 heteroatoms. The average molecular weight is 297 g/mol. The number of hydrogen-bond acceptors (Lipinski definition) is 2. The smallest absolute Gasteiger partial charge is 0.187 e. The molecular formula is C17H32O2Si. The minimum absolute atomic E-state index is 0.0468. The van der Waals surface area contributed by atoms with Crippen LogP contribution in [0.3, 0.4) is 0 Å². The third-order valence-electron chi connectivity index (χ3n) is 5.35. The van der Waals surface area contributed by atoms with Crippen LogP contribution in [-0.2, 0) is 9.22 Å². The summed E-state index contributed by atoms with van der Waals surface area (Å²) in [5.74, 6) is 0.972. The summed E-state index contributed by atoms with van der Waals surface area (Å²) in [7, 11) is -1.63. The molecule has 3 unspecified atom stereocenters. The highest BCUT2D eigenvalue weighted by atomic mass is 28.4. The van der Waals surface area contributed by atoms with Crippen LogP contribution in [-0.4, -0.2) is 19.7 Å². The van der Waals surface area contributed by atoms with Gasteiger partial charge in [-0.15, -0.1) is 0 Å². The molecule has 0 aromatic carbocycles. The minimum Gasteiger partial charge on any atom is -0.410 e. The predicted octanol–water partition coefficient (Wildman–Crippen LogP) is 4.94. The molecule has 0 N–H and O–H groups in total. The molecule has 116 valence electrons. The fraction of sp³-hybridized carbons (Fsp3) is 0.941. The Labute approximate surface area is 125 Å². The monoisotopic (exact) mass is 296 g/mol. The van der Waals surface area contributed by atoms with Crippen molar-refractivity contribution in [2.75, 3.05) is 0 Å². The van der Waals surface area contributed by atoms with Crippen LogP contribution in [0.5, 0.6) is 0 Å². The lowest BCUT2D eigenvalue weighted by molar-refractivity contribution is -0.181. The van der Waals surface area contributed by atoms with E-state index < -0.39 is 8.32 Å². The molecule has 0 bridgehead atoms. The Morgan fingerprint density at radius 1 is 1.25 bits per heavy atom. The zero-order valence-corrected chi connectivity index (χ0v) is 14.8. The normalized spacial score (nSPS) is 33.7. The summed E-state index contributed by atoms with van der Waals surface area (Å²) < 4.78 is 6.82. The molecule has 0 heterocycles. The zero-order valence-electron chi connectivity index (χ0n) is 13.8. The molecule has 0 spiro atoms. The Hall–Kier alpha value is -0.153. The van der Waals surface area contributed by atoms with Crippen molar-refractivity contribution in [1.29, 1.82) is 0 Å². The first-order valence-electron chi connectivity index (χ1n) is 8.70. The Bertz CT molecular complexity index is 353. The molecule has 20 heavy (non-hydrogen) atoms. The first kappa shape index (κ1) is 16.2. The average Bonchev–Trinajstić information content (AvgIpc) is 2.42. The van der Waals surface area contributed by atoms with E-state index in [2.05, 4.69) is 26.9 Å². The van der Waals surface area contributed by atoms with E-state index in [1.54, 1.807) is 0 Å². The number of rotatable bonds is 7. The summed E-state index contributed by atoms with van der Waals surface area (Å²) >= 11 is 0. The van der Waals surface area contributed by atoms with Crippen molar-refractivity contribution in [2.24, 2.45) is 11.8 Å². The Morgan fingerprint density at radius 2 is 2.00 bits per heavy atom. The van der Waals surface area contributed by atoms with E-state index in [1.807, 2.05) is 0 Å². The number of Topliss-reactive ketones (excluding diaryl/α,β-unsaturated/α-hetero) is 1. The highest BCUT2D eigenvalue weighted by Crippen LogP contribution is 2.55. The van der Waals surface area contributed by atoms with Crippen LogP contribution in [0.4, 0.5) is 0 Å². The van der Waals surface area contributed by atoms with Gasteiger partial charge in [-0.05, 0) is 38.4 Å². The number of hydrogen-bond donors (Lipinski definition) is 0. The van der Waals surface area contributed by atoms with Gasteiger partial charge in [0.2, 0.25) is 0 Å². The SMILES string of the molecule is CCCC[Si](C)(C)OC12CCCCC1C(=O)C2CCC. The molecule has 0 radical (unpaired) electrons. The topological polar surface area (TPSA) is 26.3 Å². The van der Waals surface area contributed by atoms with Gasteiger partial charge in [0.25, 0.3) is 0 Å². The third-order valence-corrected chi connectivity index (χ3v) is 7.84. The second kappa shape index (κ2) is 6.31. The van der Waals surface area contributed by atoms with Gasteiger partial charge >= 0.3 is 0 Å². The number of ketones is 1. The third kappa shape index (κ3) is 2.89. The van der Waals surface area contributed by atoms with E-state index in [0.29, 0.717) is 5.78 Å². The fourth-order valence-corrected chi connectivity index (χ4v) is 7.11. The number of carbonyl (C=O) groups excluding carboxylic acids is 1. The van der Waals surface area contributed by atoms with Crippen LogP contribution in [0, 0.1) is 11.8 Å². The van der Waals surface area contributed by atoms with Crippen molar-refractivity contribution in [2.45, 2.75) is 90.0 Å². The van der Waals surface area contributed by atoms with Crippen LogP contribution in [0.2, 0.25) is 19.1 Å². The molecule has 2 aliphatic carbocycles. The fourth-order valence-electron chi connectivity index (χ4n) is 4.39. The summed E-state index contributed by atoms with van der Waals surface area (Å²) in [6.07, 6.45) is 9.34. The molecule has 0 saturated heterocycles. The van der Waals surface area contributed by atoms with Gasteiger partial charge in [-0.1, -0.05) is 46.0 Å². The Kier molecular flexibility index (Phi) is 5.12. The van der Waals surface area contributed by atoms with Crippen molar-refractivity contribution >= 4 is 14.1 Å². The lowest BCUT2D eigenvalue weighted by atomic mass is 9.53. The minimum atomic E-state index is -1.63. The maximum Gasteiger partial charge on any atom is 0.187 e. The Balaban J connectivity index is 2.12. The quantitative estimate of drug-likeness (QED) is 0.622. The molecule has 2 aliphatic rings. The second-order valence-electron chi connectivity index (χ2n) is 7.46. The van der Waals surface area contributed by atoms with Crippen molar-refractivity contribution < 1.29 is 9.22 Å². The Morgan fingerprint density at radius 3 is 2.65 bits per heavy atom. The summed E-state index contributed by atoms with van der Waals surface area (Å²) in [6, 6.07) is 1.24. The molecular weight excluding hydrogens is 264 g/mol. The van der Waals surface area contributed by atoms with Crippen molar-refractivity contribution in [1.82, 2.24) is 0 Å². The molecule has 0 amide bonds. The van der Waals surface area contributed by atoms with E-state index in [-0.39, 0.29) is 17.4 Å². The number of carbonyl (C=O) groups is 1. The summed E-state index contributed by atoms with van der Waals surface area (Å²) in [5, 5.41) is 0. The molecule has 2 fully saturated rings. The molecule has 0 aromatic rings. The largest absolute Gasteiger partial charge is 0.410 e. The second-order valence-corrected chi connectivity index (χ2v) is 11.7. The van der Waals surface area contributed by atoms with Crippen LogP contribution >= 0.6 is 0 Å². The van der Waals surface area contributed by atoms with E-state index in [9.17, 15) is 4.79 Å². The van der Waals surface area contributed by atoms with Crippen LogP contribution < -0.4 is 0 Å². The lowest BCUT2D eigenvalue weighted by Crippen LogP contribution is -2.68. The van der Waals surface area contributed by atoms with Crippen molar-refractivity contribution in [3.63, 3.8) is 0 Å². The summed E-state index contributed by atoms with van der Waals surface area (Å²) in [5.41, 5.74) is -0.0468. The van der Waals surface area contributed by atoms with Gasteiger partial charge < -0.3 is 4.43 Å². The maximum absolute atomic E-state index is 12.4. The van der Waals surface area contributed by atoms with Gasteiger partial charge in [0.1, 0.15) is 5.78 Å². The lowest BCUT2D eigenvalue weighted by Gasteiger charge is -2.59. The van der Waals surface area contributed by atoms with Crippen LogP contribution in [0.1, 0.15) is 65.2 Å². The summed E-state index contributed by atoms with van der Waals surface area (Å²) in [4.78, 5) is 12.4. The van der Waals surface area contributed by atoms with E-state index in [1.165, 1.54) is 31.7 Å². The maximum atomic E-state index is 12.4. The highest BCUT2D eigenvalue weighted by Gasteiger charge is 2.63. The molecule has 0 aromatic heterocycles. The highest BCUT2D eigenvalue weighted by molar-refractivity contribution is 6.71. The summed E-state index contributed by atoms with van der Waals surface area (Å²) in [6.45, 7) is 9.15. The van der Waals surface area contributed by atoms with E-state index in [0.717, 1.165) is 25.7 Å². The molecule has 2 rings (SSSR count). The van der Waals surface area contributed by atoms with Gasteiger partial charge in [0, 0.05) is 11.8 Å². The van der Waals surface area contributed by atoms with E-state index >= 15 is 0 Å².